The monoisotopic (exact) mass is 238 g/mol. The molecular formula is C14H26N2O. The van der Waals surface area contributed by atoms with Crippen LogP contribution < -0.4 is 5.32 Å². The van der Waals surface area contributed by atoms with Gasteiger partial charge in [0.15, 0.2) is 0 Å². The van der Waals surface area contributed by atoms with Gasteiger partial charge in [0, 0.05) is 19.5 Å². The van der Waals surface area contributed by atoms with Crippen LogP contribution in [0.2, 0.25) is 0 Å². The van der Waals surface area contributed by atoms with Crippen molar-refractivity contribution in [3.63, 3.8) is 0 Å². The quantitative estimate of drug-likeness (QED) is 0.816. The molecule has 2 rings (SSSR count). The minimum absolute atomic E-state index is 0.400. The molecule has 2 aliphatic heterocycles. The van der Waals surface area contributed by atoms with Crippen molar-refractivity contribution in [2.75, 3.05) is 26.2 Å². The van der Waals surface area contributed by atoms with Crippen LogP contribution in [0, 0.1) is 11.8 Å². The number of hydrogen-bond acceptors (Lipinski definition) is 2. The summed E-state index contributed by atoms with van der Waals surface area (Å²) >= 11 is 0. The summed E-state index contributed by atoms with van der Waals surface area (Å²) < 4.78 is 0. The number of nitrogens with one attached hydrogen (secondary N) is 1. The predicted octanol–water partition coefficient (Wildman–Crippen LogP) is 2.02. The lowest BCUT2D eigenvalue weighted by molar-refractivity contribution is -0.134. The zero-order valence-corrected chi connectivity index (χ0v) is 11.1. The van der Waals surface area contributed by atoms with Gasteiger partial charge in [-0.3, -0.25) is 4.79 Å². The van der Waals surface area contributed by atoms with Crippen molar-refractivity contribution in [2.24, 2.45) is 11.8 Å². The van der Waals surface area contributed by atoms with Crippen LogP contribution in [0.5, 0.6) is 0 Å². The Labute approximate surface area is 105 Å². The van der Waals surface area contributed by atoms with Crippen LogP contribution in [-0.4, -0.2) is 37.0 Å². The van der Waals surface area contributed by atoms with Crippen molar-refractivity contribution in [2.45, 2.75) is 45.4 Å². The zero-order valence-electron chi connectivity index (χ0n) is 11.1. The Morgan fingerprint density at radius 1 is 1.29 bits per heavy atom. The number of carbonyl (C=O) groups excluding carboxylic acids is 1. The molecule has 0 saturated carbocycles. The van der Waals surface area contributed by atoms with Gasteiger partial charge in [-0.05, 0) is 50.6 Å². The minimum Gasteiger partial charge on any atom is -0.342 e. The molecule has 0 aromatic carbocycles. The number of hydrogen-bond donors (Lipinski definition) is 1. The predicted molar refractivity (Wildman–Crippen MR) is 69.8 cm³/mol. The van der Waals surface area contributed by atoms with Crippen molar-refractivity contribution >= 4 is 5.91 Å². The maximum Gasteiger partial charge on any atom is 0.222 e. The standard InChI is InChI=1S/C14H26N2O/c1-2-12-6-4-8-16(11-12)14(17)9-13-5-3-7-15-10-13/h12-13,15H,2-11H2,1H3. The summed E-state index contributed by atoms with van der Waals surface area (Å²) in [7, 11) is 0. The molecule has 0 aromatic heterocycles. The van der Waals surface area contributed by atoms with Crippen molar-refractivity contribution in [3.05, 3.63) is 0 Å². The van der Waals surface area contributed by atoms with Crippen LogP contribution in [0.15, 0.2) is 0 Å². The molecule has 2 fully saturated rings. The lowest BCUT2D eigenvalue weighted by Crippen LogP contribution is -2.42. The first kappa shape index (κ1) is 12.9. The molecule has 3 nitrogen and oxygen atoms in total. The van der Waals surface area contributed by atoms with Crippen molar-refractivity contribution in [3.8, 4) is 0 Å². The normalized spacial score (nSPS) is 30.3. The molecule has 2 aliphatic rings. The Kier molecular flexibility index (Phi) is 4.84. The molecule has 1 N–H and O–H groups in total. The highest BCUT2D eigenvalue weighted by Crippen LogP contribution is 2.22. The summed E-state index contributed by atoms with van der Waals surface area (Å²) in [5, 5.41) is 3.39. The number of likely N-dealkylation sites (tertiary alicyclic amines) is 1. The van der Waals surface area contributed by atoms with E-state index in [0.29, 0.717) is 11.8 Å². The summed E-state index contributed by atoms with van der Waals surface area (Å²) in [4.78, 5) is 14.3. The molecular weight excluding hydrogens is 212 g/mol. The van der Waals surface area contributed by atoms with E-state index in [4.69, 9.17) is 0 Å². The van der Waals surface area contributed by atoms with Crippen molar-refractivity contribution in [1.82, 2.24) is 10.2 Å². The summed E-state index contributed by atoms with van der Waals surface area (Å²) in [5.74, 6) is 1.73. The molecule has 0 bridgehead atoms. The third kappa shape index (κ3) is 3.70. The highest BCUT2D eigenvalue weighted by molar-refractivity contribution is 5.76. The van der Waals surface area contributed by atoms with Gasteiger partial charge >= 0.3 is 0 Å². The topological polar surface area (TPSA) is 32.3 Å². The van der Waals surface area contributed by atoms with Crippen LogP contribution in [0.4, 0.5) is 0 Å². The third-order valence-electron chi connectivity index (χ3n) is 4.31. The fraction of sp³-hybridized carbons (Fsp3) is 0.929. The van der Waals surface area contributed by atoms with E-state index in [1.165, 1.54) is 32.1 Å². The zero-order chi connectivity index (χ0) is 12.1. The van der Waals surface area contributed by atoms with E-state index in [0.717, 1.165) is 38.5 Å². The van der Waals surface area contributed by atoms with Gasteiger partial charge in [-0.2, -0.15) is 0 Å². The van der Waals surface area contributed by atoms with E-state index in [2.05, 4.69) is 17.1 Å². The average Bonchev–Trinajstić information content (AvgIpc) is 2.40. The SMILES string of the molecule is CCC1CCCN(C(=O)CC2CCCNC2)C1. The Bertz CT molecular complexity index is 249. The Hall–Kier alpha value is -0.570. The van der Waals surface area contributed by atoms with Crippen LogP contribution in [0.1, 0.15) is 45.4 Å². The van der Waals surface area contributed by atoms with Crippen molar-refractivity contribution in [1.29, 1.82) is 0 Å². The number of nitrogens with zero attached hydrogens (tertiary/aromatic N) is 1. The summed E-state index contributed by atoms with van der Waals surface area (Å²) in [6.45, 7) is 6.41. The second-order valence-corrected chi connectivity index (χ2v) is 5.67. The van der Waals surface area contributed by atoms with E-state index in [1.807, 2.05) is 0 Å². The highest BCUT2D eigenvalue weighted by atomic mass is 16.2. The van der Waals surface area contributed by atoms with E-state index < -0.39 is 0 Å². The summed E-state index contributed by atoms with van der Waals surface area (Å²) in [6.07, 6.45) is 6.95. The number of rotatable bonds is 3. The Morgan fingerprint density at radius 2 is 2.12 bits per heavy atom. The molecule has 0 aliphatic carbocycles. The number of carbonyl (C=O) groups is 1. The molecule has 2 heterocycles. The first-order valence-electron chi connectivity index (χ1n) is 7.28. The van der Waals surface area contributed by atoms with Gasteiger partial charge in [0.1, 0.15) is 0 Å². The molecule has 1 amide bonds. The fourth-order valence-electron chi connectivity index (χ4n) is 3.10. The second-order valence-electron chi connectivity index (χ2n) is 5.67. The van der Waals surface area contributed by atoms with E-state index in [1.54, 1.807) is 0 Å². The third-order valence-corrected chi connectivity index (χ3v) is 4.31. The van der Waals surface area contributed by atoms with Crippen molar-refractivity contribution < 1.29 is 4.79 Å². The maximum atomic E-state index is 12.2. The second kappa shape index (κ2) is 6.39. The van der Waals surface area contributed by atoms with Crippen LogP contribution in [-0.2, 0) is 4.79 Å². The van der Waals surface area contributed by atoms with Gasteiger partial charge in [0.25, 0.3) is 0 Å². The molecule has 3 heteroatoms. The Balaban J connectivity index is 1.78. The van der Waals surface area contributed by atoms with E-state index >= 15 is 0 Å². The minimum atomic E-state index is 0.400. The summed E-state index contributed by atoms with van der Waals surface area (Å²) in [5.41, 5.74) is 0. The number of amides is 1. The van der Waals surface area contributed by atoms with Gasteiger partial charge in [-0.1, -0.05) is 13.3 Å². The molecule has 0 radical (unpaired) electrons. The molecule has 98 valence electrons. The molecule has 17 heavy (non-hydrogen) atoms. The van der Waals surface area contributed by atoms with E-state index in [9.17, 15) is 4.79 Å². The van der Waals surface area contributed by atoms with Crippen LogP contribution >= 0.6 is 0 Å². The fourth-order valence-corrected chi connectivity index (χ4v) is 3.10. The Morgan fingerprint density at radius 3 is 2.82 bits per heavy atom. The van der Waals surface area contributed by atoms with Gasteiger partial charge in [-0.25, -0.2) is 0 Å². The summed E-state index contributed by atoms with van der Waals surface area (Å²) in [6, 6.07) is 0. The van der Waals surface area contributed by atoms with Gasteiger partial charge in [-0.15, -0.1) is 0 Å². The molecule has 2 unspecified atom stereocenters. The lowest BCUT2D eigenvalue weighted by atomic mass is 9.93. The van der Waals surface area contributed by atoms with Gasteiger partial charge < -0.3 is 10.2 Å². The first-order valence-corrected chi connectivity index (χ1v) is 7.28. The molecule has 2 atom stereocenters. The molecule has 0 aromatic rings. The number of piperidine rings is 2. The molecule has 2 saturated heterocycles. The highest BCUT2D eigenvalue weighted by Gasteiger charge is 2.25. The first-order chi connectivity index (χ1) is 8.29. The lowest BCUT2D eigenvalue weighted by Gasteiger charge is -2.34. The van der Waals surface area contributed by atoms with Crippen LogP contribution in [0.3, 0.4) is 0 Å². The average molecular weight is 238 g/mol. The smallest absolute Gasteiger partial charge is 0.222 e. The van der Waals surface area contributed by atoms with Gasteiger partial charge in [0.05, 0.1) is 0 Å². The molecule has 0 spiro atoms. The van der Waals surface area contributed by atoms with Gasteiger partial charge in [0.2, 0.25) is 5.91 Å². The van der Waals surface area contributed by atoms with Crippen LogP contribution in [0.25, 0.3) is 0 Å². The maximum absolute atomic E-state index is 12.2. The largest absolute Gasteiger partial charge is 0.342 e. The van der Waals surface area contributed by atoms with E-state index in [-0.39, 0.29) is 0 Å².